The molecule has 55 heavy (non-hydrogen) atoms. The third-order valence-electron chi connectivity index (χ3n) is 11.6. The number of hydrogen-bond acceptors (Lipinski definition) is 0. The van der Waals surface area contributed by atoms with Gasteiger partial charge >= 0.3 is 0 Å². The number of aromatic nitrogens is 3. The zero-order valence-electron chi connectivity index (χ0n) is 31.2. The SMILES string of the molecule is CC(C)(C)c1ccccc1-n1c2ccccc2c2c3c4ccccc4n(-c4ccccc4-c4ccc5c(c4)c4ccccc4n5-c4ccccc4)c3ccc21. The van der Waals surface area contributed by atoms with E-state index < -0.39 is 0 Å². The Morgan fingerprint density at radius 2 is 0.818 bits per heavy atom. The number of para-hydroxylation sites is 6. The fourth-order valence-electron chi connectivity index (χ4n) is 9.25. The van der Waals surface area contributed by atoms with Crippen molar-refractivity contribution in [3.8, 4) is 28.2 Å². The van der Waals surface area contributed by atoms with Crippen LogP contribution in [0.15, 0.2) is 182 Å². The average Bonchev–Trinajstić information content (AvgIpc) is 3.86. The molecule has 0 unspecified atom stereocenters. The molecule has 11 rings (SSSR count). The molecule has 0 aliphatic rings. The van der Waals surface area contributed by atoms with Gasteiger partial charge in [-0.2, -0.15) is 0 Å². The summed E-state index contributed by atoms with van der Waals surface area (Å²) in [6.45, 7) is 6.92. The van der Waals surface area contributed by atoms with Crippen molar-refractivity contribution in [2.75, 3.05) is 0 Å². The molecule has 262 valence electrons. The maximum Gasteiger partial charge on any atom is 0.0549 e. The number of rotatable bonds is 4. The van der Waals surface area contributed by atoms with Crippen LogP contribution in [0.3, 0.4) is 0 Å². The predicted molar refractivity (Wildman–Crippen MR) is 234 cm³/mol. The topological polar surface area (TPSA) is 14.8 Å². The summed E-state index contributed by atoms with van der Waals surface area (Å²) in [5, 5.41) is 7.60. The summed E-state index contributed by atoms with van der Waals surface area (Å²) in [4.78, 5) is 0. The minimum atomic E-state index is -0.0163. The van der Waals surface area contributed by atoms with Gasteiger partial charge in [0.05, 0.1) is 38.8 Å². The minimum absolute atomic E-state index is 0.0163. The molecule has 3 nitrogen and oxygen atoms in total. The monoisotopic (exact) mass is 705 g/mol. The second-order valence-electron chi connectivity index (χ2n) is 15.8. The van der Waals surface area contributed by atoms with E-state index in [9.17, 15) is 0 Å². The van der Waals surface area contributed by atoms with Crippen LogP contribution < -0.4 is 0 Å². The van der Waals surface area contributed by atoms with Crippen molar-refractivity contribution < 1.29 is 0 Å². The largest absolute Gasteiger partial charge is 0.309 e. The lowest BCUT2D eigenvalue weighted by molar-refractivity contribution is 0.587. The molecule has 0 amide bonds. The standard InChI is InChI=1S/C52H39N3/c1-52(2,3)41-23-11-16-28-47(41)55-45-27-15-10-22-39(45)51-49(55)32-31-48-50(51)38-21-9-14-26-44(38)54(48)42-24-12-7-19-36(42)34-29-30-46-40(33-34)37-20-8-13-25-43(37)53(46)35-17-5-4-6-18-35/h4-33H,1-3H3. The van der Waals surface area contributed by atoms with Crippen molar-refractivity contribution in [2.45, 2.75) is 26.2 Å². The average molecular weight is 706 g/mol. The molecule has 0 N–H and O–H groups in total. The molecule has 11 aromatic rings. The molecular formula is C52H39N3. The quantitative estimate of drug-likeness (QED) is 0.173. The van der Waals surface area contributed by atoms with E-state index in [1.165, 1.54) is 99.2 Å². The summed E-state index contributed by atoms with van der Waals surface area (Å²) < 4.78 is 7.37. The first-order valence-corrected chi connectivity index (χ1v) is 19.2. The Hall–Kier alpha value is -6.84. The van der Waals surface area contributed by atoms with Gasteiger partial charge in [-0.05, 0) is 83.3 Å². The van der Waals surface area contributed by atoms with Gasteiger partial charge in [-0.1, -0.05) is 136 Å². The number of fused-ring (bicyclic) bond motifs is 10. The van der Waals surface area contributed by atoms with Crippen LogP contribution in [0.25, 0.3) is 93.6 Å². The van der Waals surface area contributed by atoms with Crippen LogP contribution in [0, 0.1) is 0 Å². The van der Waals surface area contributed by atoms with Crippen LogP contribution in [-0.4, -0.2) is 13.7 Å². The van der Waals surface area contributed by atoms with Crippen molar-refractivity contribution in [3.05, 3.63) is 188 Å². The molecule has 0 saturated carbocycles. The Bertz CT molecular complexity index is 3290. The van der Waals surface area contributed by atoms with Gasteiger partial charge in [0, 0.05) is 49.3 Å². The van der Waals surface area contributed by atoms with Gasteiger partial charge in [0.1, 0.15) is 0 Å². The second-order valence-corrected chi connectivity index (χ2v) is 15.8. The fourth-order valence-corrected chi connectivity index (χ4v) is 9.25. The minimum Gasteiger partial charge on any atom is -0.309 e. The Morgan fingerprint density at radius 3 is 1.47 bits per heavy atom. The number of benzene rings is 8. The van der Waals surface area contributed by atoms with Gasteiger partial charge in [0.25, 0.3) is 0 Å². The van der Waals surface area contributed by atoms with Gasteiger partial charge in [0.15, 0.2) is 0 Å². The van der Waals surface area contributed by atoms with Crippen molar-refractivity contribution in [3.63, 3.8) is 0 Å². The maximum absolute atomic E-state index is 2.49. The molecule has 0 aliphatic carbocycles. The first-order valence-electron chi connectivity index (χ1n) is 19.2. The Kier molecular flexibility index (Phi) is 6.81. The van der Waals surface area contributed by atoms with E-state index in [-0.39, 0.29) is 5.41 Å². The van der Waals surface area contributed by atoms with Gasteiger partial charge in [-0.15, -0.1) is 0 Å². The van der Waals surface area contributed by atoms with E-state index in [0.717, 1.165) is 0 Å². The van der Waals surface area contributed by atoms with Crippen LogP contribution in [0.5, 0.6) is 0 Å². The molecule has 0 radical (unpaired) electrons. The van der Waals surface area contributed by atoms with E-state index in [1.807, 2.05) is 0 Å². The lowest BCUT2D eigenvalue weighted by Crippen LogP contribution is -2.15. The zero-order valence-corrected chi connectivity index (χ0v) is 31.2. The first kappa shape index (κ1) is 31.7. The number of nitrogens with zero attached hydrogens (tertiary/aromatic N) is 3. The summed E-state index contributed by atoms with van der Waals surface area (Å²) in [6.07, 6.45) is 0. The molecule has 3 aromatic heterocycles. The Labute approximate surface area is 319 Å². The summed E-state index contributed by atoms with van der Waals surface area (Å²) in [5.74, 6) is 0. The summed E-state index contributed by atoms with van der Waals surface area (Å²) in [5.41, 5.74) is 14.6. The van der Waals surface area contributed by atoms with Gasteiger partial charge in [0.2, 0.25) is 0 Å². The Morgan fingerprint density at radius 1 is 0.345 bits per heavy atom. The molecule has 0 atom stereocenters. The number of hydrogen-bond donors (Lipinski definition) is 0. The first-order chi connectivity index (χ1) is 27.0. The molecule has 3 heterocycles. The van der Waals surface area contributed by atoms with E-state index in [4.69, 9.17) is 0 Å². The molecule has 0 spiro atoms. The van der Waals surface area contributed by atoms with Crippen LogP contribution in [-0.2, 0) is 5.41 Å². The summed E-state index contributed by atoms with van der Waals surface area (Å²) in [7, 11) is 0. The highest BCUT2D eigenvalue weighted by molar-refractivity contribution is 6.29. The highest BCUT2D eigenvalue weighted by Crippen LogP contribution is 2.45. The smallest absolute Gasteiger partial charge is 0.0549 e. The lowest BCUT2D eigenvalue weighted by Gasteiger charge is -2.24. The molecule has 0 saturated heterocycles. The third kappa shape index (κ3) is 4.63. The van der Waals surface area contributed by atoms with Crippen LogP contribution in [0.1, 0.15) is 26.3 Å². The lowest BCUT2D eigenvalue weighted by atomic mass is 9.85. The second kappa shape index (κ2) is 11.8. The molecule has 0 bridgehead atoms. The summed E-state index contributed by atoms with van der Waals surface area (Å²) >= 11 is 0. The molecule has 0 fully saturated rings. The van der Waals surface area contributed by atoms with Crippen LogP contribution >= 0.6 is 0 Å². The Balaban J connectivity index is 1.19. The highest BCUT2D eigenvalue weighted by Gasteiger charge is 2.25. The van der Waals surface area contributed by atoms with Crippen molar-refractivity contribution in [2.24, 2.45) is 0 Å². The maximum atomic E-state index is 2.49. The third-order valence-corrected chi connectivity index (χ3v) is 11.6. The van der Waals surface area contributed by atoms with E-state index in [2.05, 4.69) is 216 Å². The van der Waals surface area contributed by atoms with Crippen LogP contribution in [0.2, 0.25) is 0 Å². The normalized spacial score (nSPS) is 12.3. The molecule has 3 heteroatoms. The van der Waals surface area contributed by atoms with Crippen molar-refractivity contribution >= 4 is 65.4 Å². The molecular weight excluding hydrogens is 667 g/mol. The molecule has 8 aromatic carbocycles. The van der Waals surface area contributed by atoms with Crippen molar-refractivity contribution in [1.82, 2.24) is 13.7 Å². The predicted octanol–water partition coefficient (Wildman–Crippen LogP) is 13.9. The molecule has 0 aliphatic heterocycles. The van der Waals surface area contributed by atoms with E-state index in [0.29, 0.717) is 0 Å². The highest BCUT2D eigenvalue weighted by atomic mass is 15.0. The van der Waals surface area contributed by atoms with Gasteiger partial charge < -0.3 is 13.7 Å². The summed E-state index contributed by atoms with van der Waals surface area (Å²) in [6, 6.07) is 66.8. The van der Waals surface area contributed by atoms with E-state index >= 15 is 0 Å². The van der Waals surface area contributed by atoms with E-state index in [1.54, 1.807) is 0 Å². The van der Waals surface area contributed by atoms with Crippen molar-refractivity contribution in [1.29, 1.82) is 0 Å². The van der Waals surface area contributed by atoms with Gasteiger partial charge in [-0.25, -0.2) is 0 Å². The zero-order chi connectivity index (χ0) is 36.8. The fraction of sp³-hybridized carbons (Fsp3) is 0.0769. The van der Waals surface area contributed by atoms with Gasteiger partial charge in [-0.3, -0.25) is 0 Å². The van der Waals surface area contributed by atoms with Crippen LogP contribution in [0.4, 0.5) is 0 Å².